The number of hydrogen-bond acceptors (Lipinski definition) is 2. The van der Waals surface area contributed by atoms with Gasteiger partial charge in [-0.15, -0.1) is 0 Å². The van der Waals surface area contributed by atoms with E-state index in [0.29, 0.717) is 23.5 Å². The molecule has 2 aromatic rings. The van der Waals surface area contributed by atoms with E-state index >= 15 is 0 Å². The highest BCUT2D eigenvalue weighted by molar-refractivity contribution is 5.99. The van der Waals surface area contributed by atoms with E-state index in [2.05, 4.69) is 61.6 Å². The van der Waals surface area contributed by atoms with E-state index in [1.165, 1.54) is 12.0 Å². The summed E-state index contributed by atoms with van der Waals surface area (Å²) in [6.07, 6.45) is 10.6. The van der Waals surface area contributed by atoms with Gasteiger partial charge in [0, 0.05) is 22.9 Å². The number of hydrogen-bond donors (Lipinski definition) is 1. The number of benzene rings is 2. The SMILES string of the molecule is C[C@]12C=CC(=O)N[C@@H]1CC[C@@H]1[C@@H]2CC[C@]2(C)C(C(=O)c3ccc(-c4ccccc4)cc3)CC[C@@H]12. The van der Waals surface area contributed by atoms with Crippen LogP contribution in [0.15, 0.2) is 66.7 Å². The molecule has 0 radical (unpaired) electrons. The highest BCUT2D eigenvalue weighted by Gasteiger charge is 2.60. The first-order valence-electron chi connectivity index (χ1n) is 13.1. The van der Waals surface area contributed by atoms with Crippen molar-refractivity contribution in [2.45, 2.75) is 58.4 Å². The van der Waals surface area contributed by atoms with Crippen molar-refractivity contribution in [2.24, 2.45) is 34.5 Å². The maximum atomic E-state index is 13.8. The van der Waals surface area contributed by atoms with Gasteiger partial charge in [0.1, 0.15) is 0 Å². The minimum absolute atomic E-state index is 0.0491. The maximum absolute atomic E-state index is 13.8. The summed E-state index contributed by atoms with van der Waals surface area (Å²) < 4.78 is 0. The fraction of sp³-hybridized carbons (Fsp3) is 0.484. The monoisotopic (exact) mass is 453 g/mol. The van der Waals surface area contributed by atoms with Crippen molar-refractivity contribution >= 4 is 11.7 Å². The number of amides is 1. The summed E-state index contributed by atoms with van der Waals surface area (Å²) >= 11 is 0. The van der Waals surface area contributed by atoms with Crippen LogP contribution in [0.2, 0.25) is 0 Å². The fourth-order valence-corrected chi connectivity index (χ4v) is 8.42. The summed E-state index contributed by atoms with van der Waals surface area (Å²) in [5, 5.41) is 3.25. The maximum Gasteiger partial charge on any atom is 0.243 e. The van der Waals surface area contributed by atoms with Crippen LogP contribution in [0.1, 0.15) is 62.7 Å². The highest BCUT2D eigenvalue weighted by Crippen LogP contribution is 2.65. The molecule has 0 saturated heterocycles. The second-order valence-corrected chi connectivity index (χ2v) is 11.7. The van der Waals surface area contributed by atoms with E-state index in [1.807, 2.05) is 18.2 Å². The van der Waals surface area contributed by atoms with Crippen molar-refractivity contribution in [2.75, 3.05) is 0 Å². The Morgan fingerprint density at radius 1 is 0.853 bits per heavy atom. The first kappa shape index (κ1) is 21.8. The van der Waals surface area contributed by atoms with Crippen molar-refractivity contribution < 1.29 is 9.59 Å². The quantitative estimate of drug-likeness (QED) is 0.543. The average molecular weight is 454 g/mol. The standard InChI is InChI=1S/C31H35NO2/c1-30-18-16-25-23(12-15-27-31(25,2)19-17-28(33)32-27)24(30)13-14-26(30)29(34)22-10-8-21(9-11-22)20-6-4-3-5-7-20/h3-11,17,19,23-27H,12-16,18H2,1-2H3,(H,32,33)/t23-,24-,25-,26?,27+,30-,31+/m0/s1. The Kier molecular flexibility index (Phi) is 5.09. The molecule has 3 aliphatic carbocycles. The molecule has 7 atom stereocenters. The van der Waals surface area contributed by atoms with Crippen molar-refractivity contribution in [3.63, 3.8) is 0 Å². The number of fused-ring (bicyclic) bond motifs is 5. The lowest BCUT2D eigenvalue weighted by molar-refractivity contribution is -0.122. The Labute approximate surface area is 203 Å². The van der Waals surface area contributed by atoms with Crippen molar-refractivity contribution in [1.29, 1.82) is 0 Å². The lowest BCUT2D eigenvalue weighted by Gasteiger charge is -2.58. The Morgan fingerprint density at radius 2 is 1.59 bits per heavy atom. The number of ketones is 1. The molecular weight excluding hydrogens is 418 g/mol. The normalized spacial score (nSPS) is 38.4. The predicted molar refractivity (Wildman–Crippen MR) is 135 cm³/mol. The van der Waals surface area contributed by atoms with Crippen LogP contribution >= 0.6 is 0 Å². The van der Waals surface area contributed by atoms with E-state index in [1.54, 1.807) is 6.08 Å². The van der Waals surface area contributed by atoms with E-state index in [0.717, 1.165) is 43.2 Å². The zero-order chi connectivity index (χ0) is 23.5. The number of carbonyl (C=O) groups excluding carboxylic acids is 2. The summed E-state index contributed by atoms with van der Waals surface area (Å²) in [5.74, 6) is 2.37. The lowest BCUT2D eigenvalue weighted by atomic mass is 9.47. The van der Waals surface area contributed by atoms with Gasteiger partial charge >= 0.3 is 0 Å². The zero-order valence-corrected chi connectivity index (χ0v) is 20.3. The van der Waals surface area contributed by atoms with Crippen molar-refractivity contribution in [3.05, 3.63) is 72.3 Å². The van der Waals surface area contributed by atoms with Gasteiger partial charge < -0.3 is 5.32 Å². The van der Waals surface area contributed by atoms with Crippen LogP contribution in [0.4, 0.5) is 0 Å². The first-order valence-corrected chi connectivity index (χ1v) is 13.1. The van der Waals surface area contributed by atoms with Gasteiger partial charge in [0.05, 0.1) is 0 Å². The molecule has 3 nitrogen and oxygen atoms in total. The molecule has 1 unspecified atom stereocenters. The van der Waals surface area contributed by atoms with Crippen molar-refractivity contribution in [3.8, 4) is 11.1 Å². The molecule has 1 aliphatic heterocycles. The molecule has 2 aromatic carbocycles. The largest absolute Gasteiger partial charge is 0.349 e. The number of carbonyl (C=O) groups is 2. The first-order chi connectivity index (χ1) is 16.4. The van der Waals surface area contributed by atoms with Gasteiger partial charge in [-0.25, -0.2) is 0 Å². The molecule has 0 bridgehead atoms. The second-order valence-electron chi connectivity index (χ2n) is 11.7. The molecule has 34 heavy (non-hydrogen) atoms. The third-order valence-corrected chi connectivity index (χ3v) is 10.3. The van der Waals surface area contributed by atoms with Crippen LogP contribution in [0.3, 0.4) is 0 Å². The van der Waals surface area contributed by atoms with Crippen LogP contribution in [-0.4, -0.2) is 17.7 Å². The summed E-state index contributed by atoms with van der Waals surface area (Å²) in [4.78, 5) is 25.8. The molecule has 1 amide bonds. The Bertz CT molecular complexity index is 1140. The number of Topliss-reactive ketones (excluding diaryl/α,β-unsaturated/α-hetero) is 1. The molecule has 176 valence electrons. The van der Waals surface area contributed by atoms with E-state index < -0.39 is 0 Å². The topological polar surface area (TPSA) is 46.2 Å². The van der Waals surface area contributed by atoms with Gasteiger partial charge in [-0.05, 0) is 78.9 Å². The van der Waals surface area contributed by atoms with E-state index in [-0.39, 0.29) is 28.7 Å². The minimum atomic E-state index is 0.0491. The number of nitrogens with one attached hydrogen (secondary N) is 1. The van der Waals surface area contributed by atoms with Gasteiger partial charge in [-0.1, -0.05) is 74.5 Å². The van der Waals surface area contributed by atoms with Crippen LogP contribution in [0, 0.1) is 34.5 Å². The second kappa shape index (κ2) is 7.93. The summed E-state index contributed by atoms with van der Waals surface area (Å²) in [6.45, 7) is 4.77. The summed E-state index contributed by atoms with van der Waals surface area (Å²) in [6, 6.07) is 18.9. The molecule has 6 rings (SSSR count). The predicted octanol–water partition coefficient (Wildman–Crippen LogP) is 6.45. The van der Waals surface area contributed by atoms with Gasteiger partial charge in [0.15, 0.2) is 5.78 Å². The Balaban J connectivity index is 1.24. The summed E-state index contributed by atoms with van der Waals surface area (Å²) in [5.41, 5.74) is 3.34. The van der Waals surface area contributed by atoms with Gasteiger partial charge in [-0.2, -0.15) is 0 Å². The molecular formula is C31H35NO2. The third kappa shape index (κ3) is 3.23. The molecule has 1 heterocycles. The Hall–Kier alpha value is -2.68. The van der Waals surface area contributed by atoms with Gasteiger partial charge in [0.25, 0.3) is 0 Å². The molecule has 3 saturated carbocycles. The molecule has 4 aliphatic rings. The molecule has 0 aromatic heterocycles. The van der Waals surface area contributed by atoms with E-state index in [4.69, 9.17) is 0 Å². The molecule has 1 N–H and O–H groups in total. The third-order valence-electron chi connectivity index (χ3n) is 10.3. The van der Waals surface area contributed by atoms with Crippen LogP contribution in [0.5, 0.6) is 0 Å². The smallest absolute Gasteiger partial charge is 0.243 e. The minimum Gasteiger partial charge on any atom is -0.349 e. The summed E-state index contributed by atoms with van der Waals surface area (Å²) in [7, 11) is 0. The van der Waals surface area contributed by atoms with E-state index in [9.17, 15) is 9.59 Å². The highest BCUT2D eigenvalue weighted by atomic mass is 16.1. The molecule has 0 spiro atoms. The number of rotatable bonds is 3. The fourth-order valence-electron chi connectivity index (χ4n) is 8.42. The lowest BCUT2D eigenvalue weighted by Crippen LogP contribution is -2.59. The zero-order valence-electron chi connectivity index (χ0n) is 20.3. The Morgan fingerprint density at radius 3 is 2.35 bits per heavy atom. The average Bonchev–Trinajstić information content (AvgIpc) is 3.22. The van der Waals surface area contributed by atoms with Crippen LogP contribution in [0.25, 0.3) is 11.1 Å². The van der Waals surface area contributed by atoms with Crippen LogP contribution < -0.4 is 5.32 Å². The van der Waals surface area contributed by atoms with Gasteiger partial charge in [-0.3, -0.25) is 9.59 Å². The van der Waals surface area contributed by atoms with Crippen LogP contribution in [-0.2, 0) is 4.79 Å². The van der Waals surface area contributed by atoms with Gasteiger partial charge in [0.2, 0.25) is 5.91 Å². The van der Waals surface area contributed by atoms with Crippen molar-refractivity contribution in [1.82, 2.24) is 5.32 Å². The molecule has 3 fully saturated rings. The molecule has 3 heteroatoms.